The highest BCUT2D eigenvalue weighted by atomic mass is 16.5. The fraction of sp³-hybridized carbons (Fsp3) is 0.444. The molecule has 0 saturated carbocycles. The van der Waals surface area contributed by atoms with Gasteiger partial charge in [-0.05, 0) is 38.8 Å². The molecule has 3 rings (SSSR count). The Hall–Kier alpha value is -2.14. The van der Waals surface area contributed by atoms with Gasteiger partial charge in [-0.3, -0.25) is 9.78 Å². The minimum Gasteiger partial charge on any atom is -0.380 e. The second kappa shape index (κ2) is 6.54. The largest absolute Gasteiger partial charge is 0.380 e. The summed E-state index contributed by atoms with van der Waals surface area (Å²) >= 11 is 0. The third-order valence-electron chi connectivity index (χ3n) is 4.41. The first-order valence-electron chi connectivity index (χ1n) is 8.08. The molecule has 1 aliphatic heterocycles. The second-order valence-corrected chi connectivity index (χ2v) is 5.88. The van der Waals surface area contributed by atoms with Crippen LogP contribution < -0.4 is 10.6 Å². The summed E-state index contributed by atoms with van der Waals surface area (Å²) in [6.07, 6.45) is 2.14. The van der Waals surface area contributed by atoms with E-state index >= 15 is 0 Å². The Bertz CT molecular complexity index is 730. The van der Waals surface area contributed by atoms with Crippen molar-refractivity contribution in [1.82, 2.24) is 4.98 Å². The molecule has 0 spiro atoms. The molecule has 1 saturated heterocycles. The summed E-state index contributed by atoms with van der Waals surface area (Å²) in [5, 5.41) is 0.951. The van der Waals surface area contributed by atoms with Gasteiger partial charge >= 0.3 is 0 Å². The van der Waals surface area contributed by atoms with E-state index in [-0.39, 0.29) is 6.04 Å². The maximum atomic E-state index is 12.1. The van der Waals surface area contributed by atoms with Gasteiger partial charge in [0.25, 0.3) is 5.91 Å². The van der Waals surface area contributed by atoms with Crippen LogP contribution in [0.4, 0.5) is 5.69 Å². The monoisotopic (exact) mass is 312 g/mol. The number of hydrogen-bond acceptors (Lipinski definition) is 4. The molecule has 2 aromatic rings. The van der Waals surface area contributed by atoms with Crippen molar-refractivity contribution in [2.45, 2.75) is 32.7 Å². The van der Waals surface area contributed by atoms with E-state index in [4.69, 9.17) is 10.5 Å². The predicted molar refractivity (Wildman–Crippen MR) is 90.7 cm³/mol. The summed E-state index contributed by atoms with van der Waals surface area (Å²) in [6.45, 7) is 6.09. The van der Waals surface area contributed by atoms with E-state index in [0.717, 1.165) is 36.0 Å². The van der Waals surface area contributed by atoms with Crippen LogP contribution in [0.2, 0.25) is 0 Å². The summed E-state index contributed by atoms with van der Waals surface area (Å²) in [5.41, 5.74) is 8.60. The lowest BCUT2D eigenvalue weighted by Gasteiger charge is -2.29. The minimum absolute atomic E-state index is 0.266. The van der Waals surface area contributed by atoms with E-state index in [0.29, 0.717) is 24.5 Å². The molecule has 0 bridgehead atoms. The molecule has 5 heteroatoms. The number of fused-ring (bicyclic) bond motifs is 1. The molecule has 121 valence electrons. The van der Waals surface area contributed by atoms with Crippen molar-refractivity contribution in [3.05, 3.63) is 35.5 Å². The molecule has 1 amide bonds. The van der Waals surface area contributed by atoms with Crippen molar-refractivity contribution in [3.8, 4) is 0 Å². The number of aryl methyl sites for hydroxylation is 1. The number of primary amides is 1. The molecule has 2 N–H and O–H groups in total. The smallest absolute Gasteiger partial charge is 0.252 e. The van der Waals surface area contributed by atoms with Crippen molar-refractivity contribution >= 4 is 22.5 Å². The number of amides is 1. The third-order valence-corrected chi connectivity index (χ3v) is 4.41. The van der Waals surface area contributed by atoms with E-state index in [2.05, 4.69) is 16.0 Å². The van der Waals surface area contributed by atoms with Crippen LogP contribution in [-0.4, -0.2) is 36.7 Å². The van der Waals surface area contributed by atoms with Gasteiger partial charge in [0.1, 0.15) is 0 Å². The van der Waals surface area contributed by atoms with Crippen LogP contribution in [0.25, 0.3) is 10.9 Å². The highest BCUT2D eigenvalue weighted by molar-refractivity contribution is 6.08. The van der Waals surface area contributed by atoms with Crippen molar-refractivity contribution in [1.29, 1.82) is 0 Å². The van der Waals surface area contributed by atoms with E-state index in [9.17, 15) is 4.79 Å². The lowest BCUT2D eigenvalue weighted by atomic mass is 10.0. The van der Waals surface area contributed by atoms with Gasteiger partial charge in [-0.2, -0.15) is 0 Å². The summed E-state index contributed by atoms with van der Waals surface area (Å²) < 4.78 is 5.63. The Morgan fingerprint density at radius 3 is 3.13 bits per heavy atom. The number of benzene rings is 1. The van der Waals surface area contributed by atoms with Gasteiger partial charge in [-0.1, -0.05) is 12.1 Å². The van der Waals surface area contributed by atoms with Gasteiger partial charge in [0.15, 0.2) is 0 Å². The molecule has 5 nitrogen and oxygen atoms in total. The molecule has 2 heterocycles. The fourth-order valence-electron chi connectivity index (χ4n) is 3.41. The molecule has 1 aliphatic rings. The van der Waals surface area contributed by atoms with E-state index in [1.807, 2.05) is 32.0 Å². The van der Waals surface area contributed by atoms with Crippen LogP contribution in [0, 0.1) is 13.0 Å². The highest BCUT2D eigenvalue weighted by Gasteiger charge is 2.30. The first-order chi connectivity index (χ1) is 11.1. The van der Waals surface area contributed by atoms with Crippen LogP contribution in [-0.2, 0) is 4.74 Å². The van der Waals surface area contributed by atoms with Gasteiger partial charge in [0, 0.05) is 18.5 Å². The zero-order valence-corrected chi connectivity index (χ0v) is 13.6. The van der Waals surface area contributed by atoms with Crippen molar-refractivity contribution < 1.29 is 9.53 Å². The number of carbonyl (C=O) groups is 1. The zero-order chi connectivity index (χ0) is 16.4. The first-order valence-corrected chi connectivity index (χ1v) is 8.08. The topological polar surface area (TPSA) is 68.5 Å². The van der Waals surface area contributed by atoms with E-state index in [1.54, 1.807) is 0 Å². The van der Waals surface area contributed by atoms with Gasteiger partial charge < -0.3 is 15.4 Å². The molecule has 23 heavy (non-hydrogen) atoms. The maximum absolute atomic E-state index is 12.1. The zero-order valence-electron chi connectivity index (χ0n) is 13.6. The number of rotatable bonds is 5. The number of ether oxygens (including phenoxy) is 1. The number of nitrogens with zero attached hydrogens (tertiary/aromatic N) is 2. The summed E-state index contributed by atoms with van der Waals surface area (Å²) in [5.74, 6) is -0.429. The van der Waals surface area contributed by atoms with E-state index < -0.39 is 5.91 Å². The van der Waals surface area contributed by atoms with Gasteiger partial charge in [-0.25, -0.2) is 0 Å². The predicted octanol–water partition coefficient (Wildman–Crippen LogP) is 2.45. The lowest BCUT2D eigenvalue weighted by Crippen LogP contribution is -2.35. The quantitative estimate of drug-likeness (QED) is 0.921. The number of pyridine rings is 1. The molecule has 1 unspecified atom stereocenters. The van der Waals surface area contributed by atoms with Crippen LogP contribution in [0.3, 0.4) is 0 Å². The van der Waals surface area contributed by atoms with E-state index in [1.165, 1.54) is 0 Å². The summed E-state index contributed by atoms with van der Waals surface area (Å²) in [6, 6.07) is 8.98. The minimum atomic E-state index is -0.429. The fourth-order valence-corrected chi connectivity index (χ4v) is 3.41. The lowest BCUT2D eigenvalue weighted by molar-refractivity contribution is 0.0999. The first kappa shape index (κ1) is 15.7. The highest BCUT2D eigenvalue weighted by Crippen LogP contribution is 2.36. The molecule has 0 aliphatic carbocycles. The van der Waals surface area contributed by atoms with Crippen LogP contribution >= 0.6 is 0 Å². The molecule has 1 radical (unpaired) electrons. The Kier molecular flexibility index (Phi) is 4.48. The molecular weight excluding hydrogens is 290 g/mol. The van der Waals surface area contributed by atoms with Gasteiger partial charge in [-0.15, -0.1) is 0 Å². The third kappa shape index (κ3) is 2.88. The Labute approximate surface area is 136 Å². The normalized spacial score (nSPS) is 17.8. The van der Waals surface area contributed by atoms with Crippen molar-refractivity contribution in [2.24, 2.45) is 5.73 Å². The van der Waals surface area contributed by atoms with Crippen molar-refractivity contribution in [2.75, 3.05) is 24.7 Å². The SMILES string of the molecule is CCOCC1CCCN1c1c(C(N)=O)c(C)nc2c[c]ccc12. The number of nitrogens with two attached hydrogens (primary N) is 1. The Morgan fingerprint density at radius 2 is 2.39 bits per heavy atom. The average Bonchev–Trinajstić information content (AvgIpc) is 2.99. The number of hydrogen-bond donors (Lipinski definition) is 1. The number of carbonyl (C=O) groups excluding carboxylic acids is 1. The summed E-state index contributed by atoms with van der Waals surface area (Å²) in [7, 11) is 0. The molecule has 1 aromatic heterocycles. The molecule has 1 aromatic carbocycles. The van der Waals surface area contributed by atoms with Gasteiger partial charge in [0.2, 0.25) is 0 Å². The van der Waals surface area contributed by atoms with Crippen LogP contribution in [0.1, 0.15) is 35.8 Å². The second-order valence-electron chi connectivity index (χ2n) is 5.88. The molecule has 1 fully saturated rings. The van der Waals surface area contributed by atoms with Crippen LogP contribution in [0.15, 0.2) is 18.2 Å². The Morgan fingerprint density at radius 1 is 1.57 bits per heavy atom. The standard InChI is InChI=1S/C18H22N3O2/c1-3-23-11-13-7-6-10-21(13)17-14-8-4-5-9-15(14)20-12(2)16(17)18(19)22/h4,8-9,13H,3,6-7,10-11H2,1-2H3,(H2,19,22). The number of anilines is 1. The number of aromatic nitrogens is 1. The van der Waals surface area contributed by atoms with Gasteiger partial charge in [0.05, 0.1) is 35.1 Å². The van der Waals surface area contributed by atoms with Crippen LogP contribution in [0.5, 0.6) is 0 Å². The van der Waals surface area contributed by atoms with Crippen molar-refractivity contribution in [3.63, 3.8) is 0 Å². The Balaban J connectivity index is 2.17. The maximum Gasteiger partial charge on any atom is 0.252 e. The summed E-state index contributed by atoms with van der Waals surface area (Å²) in [4.78, 5) is 18.9. The average molecular weight is 312 g/mol. The molecular formula is C18H22N3O2. The molecule has 1 atom stereocenters.